The first-order chi connectivity index (χ1) is 16.7. The topological polar surface area (TPSA) is 97.6 Å². The molecule has 0 bridgehead atoms. The Hall–Kier alpha value is -3.91. The predicted octanol–water partition coefficient (Wildman–Crippen LogP) is 5.54. The smallest absolute Gasteiger partial charge is 0.263 e. The fourth-order valence-corrected chi connectivity index (χ4v) is 4.44. The number of Topliss-reactive ketones (excluding diaryl/α,β-unsaturated/α-hetero) is 1. The lowest BCUT2D eigenvalue weighted by molar-refractivity contribution is 0.0908. The van der Waals surface area contributed by atoms with E-state index in [1.54, 1.807) is 42.1 Å². The van der Waals surface area contributed by atoms with Crippen molar-refractivity contribution in [3.8, 4) is 5.75 Å². The molecule has 0 fully saturated rings. The van der Waals surface area contributed by atoms with Gasteiger partial charge in [0.05, 0.1) is 18.4 Å². The molecule has 5 rings (SSSR count). The number of hydrogen-bond donors (Lipinski definition) is 2. The van der Waals surface area contributed by atoms with E-state index >= 15 is 0 Å². The molecule has 35 heavy (non-hydrogen) atoms. The van der Waals surface area contributed by atoms with Crippen molar-refractivity contribution in [2.24, 2.45) is 5.41 Å². The molecule has 2 aromatic carbocycles. The Labute approximate surface area is 207 Å². The highest BCUT2D eigenvalue weighted by atomic mass is 35.5. The van der Waals surface area contributed by atoms with Gasteiger partial charge in [0.1, 0.15) is 11.3 Å². The van der Waals surface area contributed by atoms with Crippen molar-refractivity contribution in [1.29, 1.82) is 0 Å². The van der Waals surface area contributed by atoms with Crippen LogP contribution in [-0.4, -0.2) is 33.4 Å². The third-order valence-electron chi connectivity index (χ3n) is 6.01. The lowest BCUT2D eigenvalue weighted by Gasteiger charge is -2.29. The van der Waals surface area contributed by atoms with Crippen LogP contribution in [0.5, 0.6) is 5.75 Å². The molecule has 2 aromatic heterocycles. The van der Waals surface area contributed by atoms with Crippen molar-refractivity contribution in [3.63, 3.8) is 0 Å². The number of nitrogens with one attached hydrogen (secondary N) is 2. The number of fused-ring (bicyclic) bond motifs is 3. The van der Waals surface area contributed by atoms with Crippen LogP contribution in [0.25, 0.3) is 5.65 Å². The second kappa shape index (κ2) is 8.70. The van der Waals surface area contributed by atoms with Crippen molar-refractivity contribution in [3.05, 3.63) is 76.6 Å². The van der Waals surface area contributed by atoms with Crippen LogP contribution in [0.3, 0.4) is 0 Å². The molecule has 178 valence electrons. The number of hydrogen-bond acceptors (Lipinski definition) is 6. The molecular formula is C26H24ClN5O3. The maximum atomic E-state index is 13.5. The van der Waals surface area contributed by atoms with Crippen LogP contribution >= 0.6 is 11.6 Å². The molecule has 0 saturated carbocycles. The van der Waals surface area contributed by atoms with E-state index in [1.807, 2.05) is 38.1 Å². The van der Waals surface area contributed by atoms with E-state index in [2.05, 4.69) is 15.6 Å². The minimum atomic E-state index is -0.382. The number of rotatable bonds is 5. The second-order valence-electron chi connectivity index (χ2n) is 9.33. The van der Waals surface area contributed by atoms with E-state index in [0.29, 0.717) is 46.3 Å². The van der Waals surface area contributed by atoms with Crippen molar-refractivity contribution < 1.29 is 14.3 Å². The zero-order valence-corrected chi connectivity index (χ0v) is 20.3. The quantitative estimate of drug-likeness (QED) is 0.382. The fourth-order valence-electron chi connectivity index (χ4n) is 4.31. The molecule has 0 spiro atoms. The summed E-state index contributed by atoms with van der Waals surface area (Å²) >= 11 is 5.98. The number of amides is 1. The lowest BCUT2D eigenvalue weighted by Crippen LogP contribution is -2.29. The van der Waals surface area contributed by atoms with Crippen LogP contribution in [0.15, 0.2) is 54.7 Å². The summed E-state index contributed by atoms with van der Waals surface area (Å²) in [6, 6.07) is 14.1. The normalized spacial score (nSPS) is 14.5. The maximum absolute atomic E-state index is 13.5. The summed E-state index contributed by atoms with van der Waals surface area (Å²) in [5.41, 5.74) is 3.02. The highest BCUT2D eigenvalue weighted by molar-refractivity contribution is 6.30. The maximum Gasteiger partial charge on any atom is 0.263 e. The number of ether oxygens (including phenoxy) is 1. The van der Waals surface area contributed by atoms with Gasteiger partial charge in [0.15, 0.2) is 17.2 Å². The van der Waals surface area contributed by atoms with Crippen molar-refractivity contribution in [1.82, 2.24) is 14.6 Å². The van der Waals surface area contributed by atoms with Crippen LogP contribution in [0.1, 0.15) is 46.7 Å². The van der Waals surface area contributed by atoms with Gasteiger partial charge in [-0.2, -0.15) is 0 Å². The molecule has 8 nitrogen and oxygen atoms in total. The van der Waals surface area contributed by atoms with Crippen LogP contribution in [0.4, 0.5) is 17.2 Å². The van der Waals surface area contributed by atoms with Gasteiger partial charge in [0, 0.05) is 29.0 Å². The Kier molecular flexibility index (Phi) is 5.68. The third kappa shape index (κ3) is 4.44. The van der Waals surface area contributed by atoms with Gasteiger partial charge in [-0.05, 0) is 60.4 Å². The highest BCUT2D eigenvalue weighted by Crippen LogP contribution is 2.36. The number of halogens is 1. The van der Waals surface area contributed by atoms with Crippen molar-refractivity contribution in [2.45, 2.75) is 26.7 Å². The average molecular weight is 490 g/mol. The number of ketones is 1. The van der Waals surface area contributed by atoms with Gasteiger partial charge in [-0.25, -0.2) is 9.50 Å². The summed E-state index contributed by atoms with van der Waals surface area (Å²) in [4.78, 5) is 30.8. The number of aromatic nitrogens is 3. The molecule has 2 heterocycles. The third-order valence-corrected chi connectivity index (χ3v) is 6.26. The van der Waals surface area contributed by atoms with Crippen LogP contribution in [0.2, 0.25) is 5.02 Å². The molecule has 2 N–H and O–H groups in total. The Bertz CT molecular complexity index is 1440. The Morgan fingerprint density at radius 2 is 1.74 bits per heavy atom. The number of carbonyl (C=O) groups is 2. The summed E-state index contributed by atoms with van der Waals surface area (Å²) in [6.07, 6.45) is 2.63. The highest BCUT2D eigenvalue weighted by Gasteiger charge is 2.34. The predicted molar refractivity (Wildman–Crippen MR) is 135 cm³/mol. The molecule has 1 amide bonds. The van der Waals surface area contributed by atoms with Crippen LogP contribution in [0, 0.1) is 5.41 Å². The summed E-state index contributed by atoms with van der Waals surface area (Å²) in [6.45, 7) is 4.10. The van der Waals surface area contributed by atoms with Gasteiger partial charge >= 0.3 is 0 Å². The van der Waals surface area contributed by atoms with Crippen LogP contribution in [-0.2, 0) is 6.42 Å². The Balaban J connectivity index is 1.63. The number of anilines is 3. The van der Waals surface area contributed by atoms with E-state index in [0.717, 1.165) is 11.4 Å². The van der Waals surface area contributed by atoms with Gasteiger partial charge in [0.25, 0.3) is 5.91 Å². The monoisotopic (exact) mass is 489 g/mol. The van der Waals surface area contributed by atoms with Gasteiger partial charge in [-0.15, -0.1) is 5.10 Å². The zero-order valence-electron chi connectivity index (χ0n) is 19.6. The summed E-state index contributed by atoms with van der Waals surface area (Å²) in [5, 5.41) is 11.4. The van der Waals surface area contributed by atoms with Crippen molar-refractivity contribution in [2.75, 3.05) is 17.7 Å². The summed E-state index contributed by atoms with van der Waals surface area (Å²) < 4.78 is 6.85. The Morgan fingerprint density at radius 1 is 1.06 bits per heavy atom. The van der Waals surface area contributed by atoms with Crippen molar-refractivity contribution >= 4 is 46.1 Å². The van der Waals surface area contributed by atoms with E-state index in [4.69, 9.17) is 21.4 Å². The minimum absolute atomic E-state index is 0.0259. The first-order valence-electron chi connectivity index (χ1n) is 11.2. The molecule has 0 saturated heterocycles. The molecule has 9 heteroatoms. The standard InChI is InChI=1S/C26H24ClN5O3/c1-26(2)12-20-19(21(33)13-26)14-28-24-22(25(34)30-17-6-4-15(27)5-7-17)23(31-32(20)24)29-16-8-10-18(35-3)11-9-16/h4-11,14H,12-13H2,1-3H3,(H,29,31)(H,30,34). The molecule has 4 aromatic rings. The average Bonchev–Trinajstić information content (AvgIpc) is 3.19. The fraction of sp³-hybridized carbons (Fsp3) is 0.231. The second-order valence-corrected chi connectivity index (χ2v) is 9.77. The van der Waals surface area contributed by atoms with E-state index in [-0.39, 0.29) is 22.7 Å². The molecule has 0 unspecified atom stereocenters. The van der Waals surface area contributed by atoms with Gasteiger partial charge in [0.2, 0.25) is 0 Å². The number of carbonyl (C=O) groups excluding carboxylic acids is 2. The molecule has 0 atom stereocenters. The van der Waals surface area contributed by atoms with E-state index in [1.165, 1.54) is 0 Å². The van der Waals surface area contributed by atoms with E-state index < -0.39 is 0 Å². The van der Waals surface area contributed by atoms with Gasteiger partial charge < -0.3 is 15.4 Å². The van der Waals surface area contributed by atoms with Gasteiger partial charge in [-0.1, -0.05) is 25.4 Å². The minimum Gasteiger partial charge on any atom is -0.497 e. The molecule has 1 aliphatic carbocycles. The summed E-state index contributed by atoms with van der Waals surface area (Å²) in [5.74, 6) is 0.686. The van der Waals surface area contributed by atoms with Gasteiger partial charge in [-0.3, -0.25) is 9.59 Å². The van der Waals surface area contributed by atoms with Crippen LogP contribution < -0.4 is 15.4 Å². The number of methoxy groups -OCH3 is 1. The lowest BCUT2D eigenvalue weighted by atomic mass is 9.76. The van der Waals surface area contributed by atoms with E-state index in [9.17, 15) is 9.59 Å². The largest absolute Gasteiger partial charge is 0.497 e. The zero-order chi connectivity index (χ0) is 24.7. The first-order valence-corrected chi connectivity index (χ1v) is 11.5. The molecule has 0 radical (unpaired) electrons. The first kappa shape index (κ1) is 22.9. The Morgan fingerprint density at radius 3 is 2.43 bits per heavy atom. The summed E-state index contributed by atoms with van der Waals surface area (Å²) in [7, 11) is 1.60. The SMILES string of the molecule is COc1ccc(Nc2nn3c4c(cnc3c2C(=O)Nc2ccc(Cl)cc2)C(=O)CC(C)(C)C4)cc1. The molecular weight excluding hydrogens is 466 g/mol. The number of nitrogens with zero attached hydrogens (tertiary/aromatic N) is 3. The molecule has 1 aliphatic rings. The molecule has 0 aliphatic heterocycles. The number of benzene rings is 2.